The third kappa shape index (κ3) is 7.20. The van der Waals surface area contributed by atoms with Gasteiger partial charge < -0.3 is 9.47 Å². The molecule has 3 nitrogen and oxygen atoms in total. The summed E-state index contributed by atoms with van der Waals surface area (Å²) in [5.41, 5.74) is -2.85. The minimum Gasteiger partial charge on any atom is -0.484 e. The third-order valence-corrected chi connectivity index (χ3v) is 3.79. The highest BCUT2D eigenvalue weighted by atomic mass is 19.4. The zero-order valence-corrected chi connectivity index (χ0v) is 15.7. The lowest BCUT2D eigenvalue weighted by Gasteiger charge is -2.19. The quantitative estimate of drug-likeness (QED) is 0.273. The van der Waals surface area contributed by atoms with Gasteiger partial charge >= 0.3 is 18.5 Å². The van der Waals surface area contributed by atoms with Gasteiger partial charge in [0.15, 0.2) is 13.2 Å². The van der Waals surface area contributed by atoms with Crippen LogP contribution in [0.15, 0.2) is 48.5 Å². The molecule has 0 aliphatic heterocycles. The number of allylic oxidation sites excluding steroid dienone is 1. The fraction of sp³-hybridized carbons (Fsp3) is 0.250. The maximum atomic E-state index is 13.5. The molecular weight excluding hydrogens is 459 g/mol. The van der Waals surface area contributed by atoms with Crippen molar-refractivity contribution in [2.45, 2.75) is 18.5 Å². The van der Waals surface area contributed by atoms with Crippen LogP contribution in [0.4, 0.5) is 39.5 Å². The fourth-order valence-corrected chi connectivity index (χ4v) is 2.62. The number of aldehydes is 1. The molecular formula is C20H13F9O3. The summed E-state index contributed by atoms with van der Waals surface area (Å²) < 4.78 is 125. The van der Waals surface area contributed by atoms with E-state index in [9.17, 15) is 44.3 Å². The van der Waals surface area contributed by atoms with Crippen molar-refractivity contribution in [3.63, 3.8) is 0 Å². The van der Waals surface area contributed by atoms with E-state index in [4.69, 9.17) is 0 Å². The van der Waals surface area contributed by atoms with Crippen molar-refractivity contribution in [3.05, 3.63) is 65.2 Å². The highest BCUT2D eigenvalue weighted by molar-refractivity contribution is 5.92. The molecule has 0 saturated heterocycles. The minimum absolute atomic E-state index is 0.0826. The molecule has 0 amide bonds. The summed E-state index contributed by atoms with van der Waals surface area (Å²) >= 11 is 0. The van der Waals surface area contributed by atoms with Gasteiger partial charge in [-0.3, -0.25) is 4.79 Å². The maximum absolute atomic E-state index is 13.5. The standard InChI is InChI=1S/C20H13F9O3/c21-18(22,23)10-31-12-5-6-17(32-11-19(24,25)26)15(9-12)13(7-8-30)14-3-1-2-4-16(14)20(27,28)29/h1-9H,10-11H2. The Morgan fingerprint density at radius 1 is 0.781 bits per heavy atom. The topological polar surface area (TPSA) is 35.5 Å². The Balaban J connectivity index is 2.65. The van der Waals surface area contributed by atoms with Gasteiger partial charge in [0, 0.05) is 5.56 Å². The van der Waals surface area contributed by atoms with Crippen LogP contribution in [-0.4, -0.2) is 31.9 Å². The van der Waals surface area contributed by atoms with E-state index < -0.39 is 65.5 Å². The van der Waals surface area contributed by atoms with Gasteiger partial charge in [-0.15, -0.1) is 0 Å². The molecule has 0 atom stereocenters. The summed E-state index contributed by atoms with van der Waals surface area (Å²) in [6.07, 6.45) is -13.8. The molecule has 0 aromatic heterocycles. The second kappa shape index (κ2) is 9.53. The van der Waals surface area contributed by atoms with Crippen LogP contribution in [0.3, 0.4) is 0 Å². The van der Waals surface area contributed by atoms with Crippen molar-refractivity contribution in [1.29, 1.82) is 0 Å². The molecule has 12 heteroatoms. The van der Waals surface area contributed by atoms with Gasteiger partial charge in [0.1, 0.15) is 17.8 Å². The van der Waals surface area contributed by atoms with Gasteiger partial charge in [0.25, 0.3) is 0 Å². The number of rotatable bonds is 7. The average Bonchev–Trinajstić information content (AvgIpc) is 2.67. The molecule has 0 unspecified atom stereocenters. The molecule has 0 bridgehead atoms. The molecule has 32 heavy (non-hydrogen) atoms. The van der Waals surface area contributed by atoms with Crippen molar-refractivity contribution in [3.8, 4) is 11.5 Å². The normalized spacial score (nSPS) is 13.1. The summed E-state index contributed by atoms with van der Waals surface area (Å²) in [5.74, 6) is -1.13. The lowest BCUT2D eigenvalue weighted by molar-refractivity contribution is -0.154. The second-order valence-corrected chi connectivity index (χ2v) is 6.23. The van der Waals surface area contributed by atoms with Crippen molar-refractivity contribution in [1.82, 2.24) is 0 Å². The monoisotopic (exact) mass is 472 g/mol. The van der Waals surface area contributed by atoms with E-state index in [1.165, 1.54) is 6.07 Å². The van der Waals surface area contributed by atoms with E-state index in [-0.39, 0.29) is 6.29 Å². The number of hydrogen-bond donors (Lipinski definition) is 0. The van der Waals surface area contributed by atoms with Crippen LogP contribution >= 0.6 is 0 Å². The smallest absolute Gasteiger partial charge is 0.422 e. The van der Waals surface area contributed by atoms with E-state index in [0.29, 0.717) is 12.1 Å². The Morgan fingerprint density at radius 2 is 1.38 bits per heavy atom. The van der Waals surface area contributed by atoms with Crippen molar-refractivity contribution >= 4 is 11.9 Å². The van der Waals surface area contributed by atoms with Crippen LogP contribution < -0.4 is 9.47 Å². The number of hydrogen-bond acceptors (Lipinski definition) is 3. The lowest BCUT2D eigenvalue weighted by atomic mass is 9.92. The Labute approximate surface area is 175 Å². The first kappa shape index (κ1) is 25.1. The Morgan fingerprint density at radius 3 is 1.94 bits per heavy atom. The highest BCUT2D eigenvalue weighted by Gasteiger charge is 2.35. The second-order valence-electron chi connectivity index (χ2n) is 6.23. The number of benzene rings is 2. The van der Waals surface area contributed by atoms with Crippen LogP contribution in [0.5, 0.6) is 11.5 Å². The molecule has 0 N–H and O–H groups in total. The van der Waals surface area contributed by atoms with Gasteiger partial charge in [-0.1, -0.05) is 18.2 Å². The van der Waals surface area contributed by atoms with Crippen LogP contribution in [0, 0.1) is 0 Å². The van der Waals surface area contributed by atoms with Crippen molar-refractivity contribution in [2.75, 3.05) is 13.2 Å². The molecule has 0 aliphatic rings. The molecule has 0 spiro atoms. The minimum atomic E-state index is -4.91. The first-order valence-electron chi connectivity index (χ1n) is 8.57. The third-order valence-electron chi connectivity index (χ3n) is 3.79. The summed E-state index contributed by atoms with van der Waals surface area (Å²) in [5, 5.41) is 0. The number of ether oxygens (including phenoxy) is 2. The predicted molar refractivity (Wildman–Crippen MR) is 94.1 cm³/mol. The van der Waals surface area contributed by atoms with Gasteiger partial charge in [0.05, 0.1) is 5.56 Å². The van der Waals surface area contributed by atoms with E-state index in [2.05, 4.69) is 9.47 Å². The zero-order valence-electron chi connectivity index (χ0n) is 15.7. The first-order chi connectivity index (χ1) is 14.7. The Hall–Kier alpha value is -3.18. The lowest BCUT2D eigenvalue weighted by Crippen LogP contribution is -2.20. The Bertz CT molecular complexity index is 974. The molecule has 0 fully saturated rings. The van der Waals surface area contributed by atoms with E-state index in [1.54, 1.807) is 0 Å². The SMILES string of the molecule is O=CC=C(c1cc(OCC(F)(F)F)ccc1OCC(F)(F)F)c1ccccc1C(F)(F)F. The molecule has 0 saturated carbocycles. The number of carbonyl (C=O) groups is 1. The van der Waals surface area contributed by atoms with E-state index in [1.807, 2.05) is 0 Å². The molecule has 2 aromatic rings. The number of alkyl halides is 9. The summed E-state index contributed by atoms with van der Waals surface area (Å²) in [7, 11) is 0. The van der Waals surface area contributed by atoms with Crippen LogP contribution in [0.1, 0.15) is 16.7 Å². The highest BCUT2D eigenvalue weighted by Crippen LogP contribution is 2.40. The van der Waals surface area contributed by atoms with Gasteiger partial charge in [0.2, 0.25) is 0 Å². The maximum Gasteiger partial charge on any atom is 0.422 e. The fourth-order valence-electron chi connectivity index (χ4n) is 2.62. The van der Waals surface area contributed by atoms with Gasteiger partial charge in [-0.2, -0.15) is 39.5 Å². The molecule has 0 aliphatic carbocycles. The predicted octanol–water partition coefficient (Wildman–Crippen LogP) is 6.22. The van der Waals surface area contributed by atoms with Gasteiger partial charge in [-0.25, -0.2) is 0 Å². The number of carbonyl (C=O) groups excluding carboxylic acids is 1. The summed E-state index contributed by atoms with van der Waals surface area (Å²) in [6.45, 7) is -3.60. The van der Waals surface area contributed by atoms with Crippen LogP contribution in [-0.2, 0) is 11.0 Å². The average molecular weight is 472 g/mol. The number of halogens is 9. The molecule has 0 radical (unpaired) electrons. The van der Waals surface area contributed by atoms with E-state index in [0.717, 1.165) is 30.3 Å². The van der Waals surface area contributed by atoms with Crippen molar-refractivity contribution in [2.24, 2.45) is 0 Å². The molecule has 174 valence electrons. The summed E-state index contributed by atoms with van der Waals surface area (Å²) in [6, 6.07) is 6.29. The van der Waals surface area contributed by atoms with Gasteiger partial charge in [-0.05, 0) is 41.5 Å². The first-order valence-corrected chi connectivity index (χ1v) is 8.57. The molecule has 2 aromatic carbocycles. The van der Waals surface area contributed by atoms with Crippen LogP contribution in [0.25, 0.3) is 5.57 Å². The zero-order chi connectivity index (χ0) is 24.2. The Kier molecular flexibility index (Phi) is 7.47. The molecule has 0 heterocycles. The largest absolute Gasteiger partial charge is 0.484 e. The summed E-state index contributed by atoms with van der Waals surface area (Å²) in [4.78, 5) is 11.1. The van der Waals surface area contributed by atoms with Crippen molar-refractivity contribution < 1.29 is 53.8 Å². The van der Waals surface area contributed by atoms with Crippen LogP contribution in [0.2, 0.25) is 0 Å². The molecule has 2 rings (SSSR count). The van der Waals surface area contributed by atoms with E-state index >= 15 is 0 Å².